The topological polar surface area (TPSA) is 67.1 Å². The monoisotopic (exact) mass is 263 g/mol. The highest BCUT2D eigenvalue weighted by atomic mass is 35.5. The Balaban J connectivity index is 2.26. The van der Waals surface area contributed by atoms with Crippen molar-refractivity contribution in [2.45, 2.75) is 0 Å². The molecule has 0 aliphatic rings. The van der Waals surface area contributed by atoms with E-state index < -0.39 is 0 Å². The average molecular weight is 264 g/mol. The van der Waals surface area contributed by atoms with Crippen LogP contribution in [0, 0.1) is 0 Å². The number of nitrogens with two attached hydrogens (primary N) is 1. The molecule has 0 bridgehead atoms. The standard InChI is InChI=1S/C12H14ClN5/c1-18(2)11-7-10(16-12(14)17-11)15-9-5-3-8(13)4-6-9/h3-7H,1-2H3,(H3,14,15,16,17). The number of halogens is 1. The minimum absolute atomic E-state index is 0.234. The second kappa shape index (κ2) is 5.10. The van der Waals surface area contributed by atoms with Gasteiger partial charge in [0.05, 0.1) is 0 Å². The lowest BCUT2D eigenvalue weighted by molar-refractivity contribution is 1.05. The highest BCUT2D eigenvalue weighted by Crippen LogP contribution is 2.20. The van der Waals surface area contributed by atoms with Crippen molar-refractivity contribution in [2.75, 3.05) is 30.0 Å². The van der Waals surface area contributed by atoms with E-state index in [0.29, 0.717) is 10.8 Å². The van der Waals surface area contributed by atoms with Crippen molar-refractivity contribution in [3.05, 3.63) is 35.4 Å². The van der Waals surface area contributed by atoms with Gasteiger partial charge in [0.2, 0.25) is 5.95 Å². The zero-order valence-corrected chi connectivity index (χ0v) is 10.9. The van der Waals surface area contributed by atoms with Crippen LogP contribution in [0.25, 0.3) is 0 Å². The summed E-state index contributed by atoms with van der Waals surface area (Å²) in [4.78, 5) is 10.1. The predicted octanol–water partition coefficient (Wildman–Crippen LogP) is 2.52. The Morgan fingerprint density at radius 2 is 1.83 bits per heavy atom. The molecule has 0 amide bonds. The van der Waals surface area contributed by atoms with E-state index in [2.05, 4.69) is 15.3 Å². The van der Waals surface area contributed by atoms with Gasteiger partial charge in [0.25, 0.3) is 0 Å². The third-order valence-electron chi connectivity index (χ3n) is 2.30. The second-order valence-electron chi connectivity index (χ2n) is 4.00. The van der Waals surface area contributed by atoms with Crippen LogP contribution < -0.4 is 16.0 Å². The lowest BCUT2D eigenvalue weighted by Gasteiger charge is -2.13. The number of nitrogens with zero attached hydrogens (tertiary/aromatic N) is 3. The van der Waals surface area contributed by atoms with Crippen LogP contribution >= 0.6 is 11.6 Å². The zero-order chi connectivity index (χ0) is 13.1. The van der Waals surface area contributed by atoms with Gasteiger partial charge in [-0.25, -0.2) is 0 Å². The number of nitrogens with one attached hydrogen (secondary N) is 1. The van der Waals surface area contributed by atoms with Crippen molar-refractivity contribution < 1.29 is 0 Å². The van der Waals surface area contributed by atoms with Crippen LogP contribution in [0.15, 0.2) is 30.3 Å². The summed E-state index contributed by atoms with van der Waals surface area (Å²) in [6.45, 7) is 0. The summed E-state index contributed by atoms with van der Waals surface area (Å²) < 4.78 is 0. The van der Waals surface area contributed by atoms with Crippen molar-refractivity contribution >= 4 is 34.9 Å². The molecule has 6 heteroatoms. The van der Waals surface area contributed by atoms with E-state index in [0.717, 1.165) is 11.5 Å². The first-order chi connectivity index (χ1) is 8.54. The first-order valence-electron chi connectivity index (χ1n) is 5.39. The molecular weight excluding hydrogens is 250 g/mol. The van der Waals surface area contributed by atoms with Crippen LogP contribution in [0.4, 0.5) is 23.3 Å². The number of nitrogen functional groups attached to an aromatic ring is 1. The molecule has 18 heavy (non-hydrogen) atoms. The maximum absolute atomic E-state index is 5.83. The molecule has 1 aromatic heterocycles. The molecule has 1 aromatic carbocycles. The summed E-state index contributed by atoms with van der Waals surface area (Å²) in [5, 5.41) is 3.84. The second-order valence-corrected chi connectivity index (χ2v) is 4.43. The lowest BCUT2D eigenvalue weighted by Crippen LogP contribution is -2.13. The maximum atomic E-state index is 5.83. The van der Waals surface area contributed by atoms with Gasteiger partial charge in [-0.2, -0.15) is 9.97 Å². The molecule has 0 atom stereocenters. The Labute approximate surface area is 111 Å². The minimum atomic E-state index is 0.234. The SMILES string of the molecule is CN(C)c1cc(Nc2ccc(Cl)cc2)nc(N)n1. The van der Waals surface area contributed by atoms with Crippen molar-refractivity contribution in [1.82, 2.24) is 9.97 Å². The molecule has 0 spiro atoms. The average Bonchev–Trinajstić information content (AvgIpc) is 2.31. The normalized spacial score (nSPS) is 10.2. The fourth-order valence-electron chi connectivity index (χ4n) is 1.43. The lowest BCUT2D eigenvalue weighted by atomic mass is 10.3. The molecule has 1 heterocycles. The maximum Gasteiger partial charge on any atom is 0.223 e. The van der Waals surface area contributed by atoms with Gasteiger partial charge in [0.15, 0.2) is 0 Å². The number of benzene rings is 1. The van der Waals surface area contributed by atoms with Crippen LogP contribution in [0.3, 0.4) is 0 Å². The zero-order valence-electron chi connectivity index (χ0n) is 10.2. The van der Waals surface area contributed by atoms with Crippen LogP contribution in [0.2, 0.25) is 5.02 Å². The Bertz CT molecular complexity index is 539. The fourth-order valence-corrected chi connectivity index (χ4v) is 1.55. The van der Waals surface area contributed by atoms with Gasteiger partial charge in [0, 0.05) is 30.9 Å². The first-order valence-corrected chi connectivity index (χ1v) is 5.77. The van der Waals surface area contributed by atoms with Crippen LogP contribution in [0.1, 0.15) is 0 Å². The molecule has 2 rings (SSSR count). The largest absolute Gasteiger partial charge is 0.368 e. The molecule has 0 saturated carbocycles. The summed E-state index contributed by atoms with van der Waals surface area (Å²) in [5.41, 5.74) is 6.56. The van der Waals surface area contributed by atoms with Gasteiger partial charge >= 0.3 is 0 Å². The Hall–Kier alpha value is -2.01. The third-order valence-corrected chi connectivity index (χ3v) is 2.56. The van der Waals surface area contributed by atoms with Gasteiger partial charge < -0.3 is 16.0 Å². The Morgan fingerprint density at radius 3 is 2.44 bits per heavy atom. The molecule has 2 aromatic rings. The quantitative estimate of drug-likeness (QED) is 0.891. The molecule has 3 N–H and O–H groups in total. The Kier molecular flexibility index (Phi) is 3.53. The highest BCUT2D eigenvalue weighted by Gasteiger charge is 2.04. The van der Waals surface area contributed by atoms with Crippen LogP contribution in [-0.4, -0.2) is 24.1 Å². The summed E-state index contributed by atoms with van der Waals surface area (Å²) >= 11 is 5.83. The van der Waals surface area contributed by atoms with Gasteiger partial charge in [0.1, 0.15) is 11.6 Å². The molecule has 0 aliphatic carbocycles. The molecule has 0 fully saturated rings. The molecule has 0 unspecified atom stereocenters. The van der Waals surface area contributed by atoms with E-state index in [1.807, 2.05) is 37.2 Å². The smallest absolute Gasteiger partial charge is 0.223 e. The number of aromatic nitrogens is 2. The predicted molar refractivity (Wildman–Crippen MR) is 75.5 cm³/mol. The molecular formula is C12H14ClN5. The molecule has 0 radical (unpaired) electrons. The van der Waals surface area contributed by atoms with E-state index >= 15 is 0 Å². The highest BCUT2D eigenvalue weighted by molar-refractivity contribution is 6.30. The van der Waals surface area contributed by atoms with Crippen molar-refractivity contribution in [1.29, 1.82) is 0 Å². The molecule has 0 saturated heterocycles. The third kappa shape index (κ3) is 3.01. The van der Waals surface area contributed by atoms with Crippen molar-refractivity contribution in [3.63, 3.8) is 0 Å². The van der Waals surface area contributed by atoms with Gasteiger partial charge in [-0.3, -0.25) is 0 Å². The van der Waals surface area contributed by atoms with E-state index in [9.17, 15) is 0 Å². The van der Waals surface area contributed by atoms with Gasteiger partial charge in [-0.15, -0.1) is 0 Å². The fraction of sp³-hybridized carbons (Fsp3) is 0.167. The van der Waals surface area contributed by atoms with Gasteiger partial charge in [-0.05, 0) is 24.3 Å². The Morgan fingerprint density at radius 1 is 1.17 bits per heavy atom. The minimum Gasteiger partial charge on any atom is -0.368 e. The van der Waals surface area contributed by atoms with Crippen LogP contribution in [0.5, 0.6) is 0 Å². The summed E-state index contributed by atoms with van der Waals surface area (Å²) in [6.07, 6.45) is 0. The van der Waals surface area contributed by atoms with Crippen LogP contribution in [-0.2, 0) is 0 Å². The molecule has 5 nitrogen and oxygen atoms in total. The van der Waals surface area contributed by atoms with Crippen molar-refractivity contribution in [3.8, 4) is 0 Å². The van der Waals surface area contributed by atoms with E-state index in [4.69, 9.17) is 17.3 Å². The number of hydrogen-bond donors (Lipinski definition) is 2. The summed E-state index contributed by atoms with van der Waals surface area (Å²) in [6, 6.07) is 9.18. The number of anilines is 4. The van der Waals surface area contributed by atoms with Crippen molar-refractivity contribution in [2.24, 2.45) is 0 Å². The van der Waals surface area contributed by atoms with Gasteiger partial charge in [-0.1, -0.05) is 11.6 Å². The van der Waals surface area contributed by atoms with E-state index in [1.54, 1.807) is 12.1 Å². The summed E-state index contributed by atoms with van der Waals surface area (Å²) in [7, 11) is 3.79. The molecule has 0 aliphatic heterocycles. The van der Waals surface area contributed by atoms with E-state index in [-0.39, 0.29) is 5.95 Å². The van der Waals surface area contributed by atoms with E-state index in [1.165, 1.54) is 0 Å². The summed E-state index contributed by atoms with van der Waals surface area (Å²) in [5.74, 6) is 1.63. The first kappa shape index (κ1) is 12.4. The number of rotatable bonds is 3. The molecule has 94 valence electrons. The number of hydrogen-bond acceptors (Lipinski definition) is 5.